The Labute approximate surface area is 148 Å². The van der Waals surface area contributed by atoms with Crippen LogP contribution in [0.1, 0.15) is 63.9 Å². The number of thioether (sulfide) groups is 1. The molecule has 1 aliphatic carbocycles. The predicted octanol–water partition coefficient (Wildman–Crippen LogP) is 5.21. The highest BCUT2D eigenvalue weighted by Gasteiger charge is 2.31. The monoisotopic (exact) mass is 346 g/mol. The highest BCUT2D eigenvalue weighted by molar-refractivity contribution is 7.99. The van der Waals surface area contributed by atoms with E-state index < -0.39 is 0 Å². The number of carbonyl (C=O) groups is 2. The third-order valence-corrected chi connectivity index (χ3v) is 5.41. The van der Waals surface area contributed by atoms with Gasteiger partial charge in [0.05, 0.1) is 5.57 Å². The van der Waals surface area contributed by atoms with E-state index in [0.29, 0.717) is 25.7 Å². The van der Waals surface area contributed by atoms with E-state index in [-0.39, 0.29) is 28.8 Å². The molecule has 4 heteroatoms. The molecular formula is C20H26O3S. The predicted molar refractivity (Wildman–Crippen MR) is 98.6 cm³/mol. The summed E-state index contributed by atoms with van der Waals surface area (Å²) in [6, 6.07) is 8.24. The molecule has 0 spiro atoms. The third kappa shape index (κ3) is 4.73. The lowest BCUT2D eigenvalue weighted by molar-refractivity contribution is -0.122. The van der Waals surface area contributed by atoms with Crippen molar-refractivity contribution in [1.29, 1.82) is 0 Å². The molecule has 130 valence electrons. The Hall–Kier alpha value is -1.55. The van der Waals surface area contributed by atoms with Gasteiger partial charge in [0, 0.05) is 24.2 Å². The molecule has 0 saturated heterocycles. The molecule has 1 N–H and O–H groups in total. The zero-order valence-corrected chi connectivity index (χ0v) is 15.3. The van der Waals surface area contributed by atoms with E-state index in [4.69, 9.17) is 0 Å². The minimum absolute atomic E-state index is 0.0314. The highest BCUT2D eigenvalue weighted by Crippen LogP contribution is 2.35. The summed E-state index contributed by atoms with van der Waals surface area (Å²) in [6.07, 6.45) is 4.08. The fourth-order valence-corrected chi connectivity index (χ4v) is 3.97. The number of allylic oxidation sites excluding steroid dienone is 2. The van der Waals surface area contributed by atoms with Crippen molar-refractivity contribution in [2.24, 2.45) is 0 Å². The van der Waals surface area contributed by atoms with Gasteiger partial charge in [-0.2, -0.15) is 0 Å². The summed E-state index contributed by atoms with van der Waals surface area (Å²) in [4.78, 5) is 25.5. The third-order valence-electron chi connectivity index (χ3n) is 4.31. The van der Waals surface area contributed by atoms with Gasteiger partial charge in [0.1, 0.15) is 5.76 Å². The van der Waals surface area contributed by atoms with Crippen LogP contribution in [0, 0.1) is 0 Å². The summed E-state index contributed by atoms with van der Waals surface area (Å²) in [6.45, 7) is 4.08. The number of unbranched alkanes of at least 4 members (excludes halogenated alkanes) is 1. The van der Waals surface area contributed by atoms with E-state index >= 15 is 0 Å². The lowest BCUT2D eigenvalue weighted by Gasteiger charge is -2.23. The lowest BCUT2D eigenvalue weighted by Crippen LogP contribution is -2.23. The van der Waals surface area contributed by atoms with Gasteiger partial charge in [0.15, 0.2) is 11.6 Å². The van der Waals surface area contributed by atoms with E-state index in [1.807, 2.05) is 30.8 Å². The van der Waals surface area contributed by atoms with E-state index in [0.717, 1.165) is 11.3 Å². The van der Waals surface area contributed by atoms with E-state index in [1.165, 1.54) is 17.7 Å². The summed E-state index contributed by atoms with van der Waals surface area (Å²) in [5, 5.41) is 10.2. The molecule has 0 bridgehead atoms. The van der Waals surface area contributed by atoms with Gasteiger partial charge in [-0.1, -0.05) is 32.4 Å². The maximum Gasteiger partial charge on any atom is 0.170 e. The average molecular weight is 346 g/mol. The van der Waals surface area contributed by atoms with Gasteiger partial charge in [-0.05, 0) is 42.2 Å². The Morgan fingerprint density at radius 1 is 1.17 bits per heavy atom. The lowest BCUT2D eigenvalue weighted by atomic mass is 9.81. The van der Waals surface area contributed by atoms with Crippen molar-refractivity contribution in [3.05, 3.63) is 41.2 Å². The first-order valence-corrected chi connectivity index (χ1v) is 9.76. The van der Waals surface area contributed by atoms with E-state index in [2.05, 4.69) is 19.1 Å². The van der Waals surface area contributed by atoms with Gasteiger partial charge in [0.2, 0.25) is 0 Å². The molecule has 24 heavy (non-hydrogen) atoms. The topological polar surface area (TPSA) is 54.4 Å². The zero-order valence-electron chi connectivity index (χ0n) is 14.5. The van der Waals surface area contributed by atoms with Gasteiger partial charge in [0.25, 0.3) is 0 Å². The maximum atomic E-state index is 12.3. The van der Waals surface area contributed by atoms with Crippen LogP contribution in [0.15, 0.2) is 40.5 Å². The highest BCUT2D eigenvalue weighted by atomic mass is 32.2. The van der Waals surface area contributed by atoms with Gasteiger partial charge >= 0.3 is 0 Å². The molecule has 2 rings (SSSR count). The minimum atomic E-state index is -0.221. The van der Waals surface area contributed by atoms with Crippen molar-refractivity contribution in [2.45, 2.75) is 63.2 Å². The fourth-order valence-electron chi connectivity index (χ4n) is 2.97. The van der Waals surface area contributed by atoms with Crippen LogP contribution in [0.4, 0.5) is 0 Å². The molecule has 0 radical (unpaired) electrons. The summed E-state index contributed by atoms with van der Waals surface area (Å²) >= 11 is 1.84. The van der Waals surface area contributed by atoms with Crippen LogP contribution in [-0.4, -0.2) is 22.4 Å². The molecule has 0 fully saturated rings. The minimum Gasteiger partial charge on any atom is -0.511 e. The molecule has 0 heterocycles. The molecule has 0 aromatic heterocycles. The number of Topliss-reactive ketones (excluding diaryl/α,β-unsaturated/α-hetero) is 2. The molecule has 1 aliphatic rings. The summed E-state index contributed by atoms with van der Waals surface area (Å²) in [5.74, 6) is 0.607. The standard InChI is InChI=1S/C20H26O3S/c1-3-5-11-24-16-9-7-14(8-10-16)15-12-18(22)20(19(23)13-15)17(21)6-4-2/h7-10,15,22H,3-6,11-13H2,1-2H3. The van der Waals surface area contributed by atoms with E-state index in [1.54, 1.807) is 0 Å². The molecule has 3 nitrogen and oxygen atoms in total. The Balaban J connectivity index is 2.06. The smallest absolute Gasteiger partial charge is 0.170 e. The number of aliphatic hydroxyl groups is 1. The van der Waals surface area contributed by atoms with Crippen molar-refractivity contribution in [2.75, 3.05) is 5.75 Å². The van der Waals surface area contributed by atoms with Crippen LogP contribution in [0.2, 0.25) is 0 Å². The van der Waals surface area contributed by atoms with Crippen LogP contribution < -0.4 is 0 Å². The number of hydrogen-bond acceptors (Lipinski definition) is 4. The molecule has 0 saturated carbocycles. The van der Waals surface area contributed by atoms with Crippen molar-refractivity contribution >= 4 is 23.3 Å². The largest absolute Gasteiger partial charge is 0.511 e. The number of rotatable bonds is 8. The normalized spacial score (nSPS) is 18.1. The molecule has 1 unspecified atom stereocenters. The van der Waals surface area contributed by atoms with Gasteiger partial charge in [-0.25, -0.2) is 0 Å². The van der Waals surface area contributed by atoms with Crippen LogP contribution >= 0.6 is 11.8 Å². The maximum absolute atomic E-state index is 12.3. The molecule has 1 aromatic carbocycles. The Morgan fingerprint density at radius 2 is 1.88 bits per heavy atom. The Morgan fingerprint density at radius 3 is 2.46 bits per heavy atom. The number of benzene rings is 1. The van der Waals surface area contributed by atoms with Crippen LogP contribution in [-0.2, 0) is 9.59 Å². The second kappa shape index (κ2) is 9.07. The number of hydrogen-bond donors (Lipinski definition) is 1. The Bertz CT molecular complexity index is 616. The van der Waals surface area contributed by atoms with Crippen molar-refractivity contribution in [1.82, 2.24) is 0 Å². The SMILES string of the molecule is CCCCSc1ccc(C2CC(=O)C(C(=O)CCC)=C(O)C2)cc1. The second-order valence-corrected chi connectivity index (χ2v) is 7.46. The van der Waals surface area contributed by atoms with Gasteiger partial charge in [-0.15, -0.1) is 11.8 Å². The molecule has 0 aliphatic heterocycles. The quantitative estimate of drug-likeness (QED) is 0.399. The molecular weight excluding hydrogens is 320 g/mol. The van der Waals surface area contributed by atoms with Crippen LogP contribution in [0.3, 0.4) is 0 Å². The molecule has 0 amide bonds. The van der Waals surface area contributed by atoms with Crippen molar-refractivity contribution in [3.8, 4) is 0 Å². The van der Waals surface area contributed by atoms with E-state index in [9.17, 15) is 14.7 Å². The number of carbonyl (C=O) groups excluding carboxylic acids is 2. The second-order valence-electron chi connectivity index (χ2n) is 6.29. The van der Waals surface area contributed by atoms with Crippen LogP contribution in [0.25, 0.3) is 0 Å². The first-order valence-electron chi connectivity index (χ1n) is 8.78. The van der Waals surface area contributed by atoms with Crippen molar-refractivity contribution in [3.63, 3.8) is 0 Å². The number of aliphatic hydroxyl groups excluding tert-OH is 1. The summed E-state index contributed by atoms with van der Waals surface area (Å²) in [5.41, 5.74) is 1.09. The van der Waals surface area contributed by atoms with Gasteiger partial charge < -0.3 is 5.11 Å². The first kappa shape index (κ1) is 18.8. The summed E-state index contributed by atoms with van der Waals surface area (Å²) < 4.78 is 0. The van der Waals surface area contributed by atoms with Crippen molar-refractivity contribution < 1.29 is 14.7 Å². The number of ketones is 2. The fraction of sp³-hybridized carbons (Fsp3) is 0.500. The zero-order chi connectivity index (χ0) is 17.5. The van der Waals surface area contributed by atoms with Gasteiger partial charge in [-0.3, -0.25) is 9.59 Å². The Kier molecular flexibility index (Phi) is 7.10. The first-order chi connectivity index (χ1) is 11.6. The average Bonchev–Trinajstić information content (AvgIpc) is 2.55. The summed E-state index contributed by atoms with van der Waals surface area (Å²) in [7, 11) is 0. The molecule has 1 aromatic rings. The molecule has 1 atom stereocenters. The van der Waals surface area contributed by atoms with Crippen LogP contribution in [0.5, 0.6) is 0 Å².